The van der Waals surface area contributed by atoms with Crippen LogP contribution in [0.2, 0.25) is 0 Å². The Hall–Kier alpha value is -2.95. The first-order valence-corrected chi connectivity index (χ1v) is 8.27. The second kappa shape index (κ2) is 7.75. The number of benzene rings is 2. The Labute approximate surface area is 147 Å². The van der Waals surface area contributed by atoms with Crippen molar-refractivity contribution in [2.45, 2.75) is 19.3 Å². The number of hydrogen-bond acceptors (Lipinski definition) is 4. The molecule has 0 aliphatic heterocycles. The molecule has 0 fully saturated rings. The van der Waals surface area contributed by atoms with E-state index in [0.29, 0.717) is 31.0 Å². The third-order valence-electron chi connectivity index (χ3n) is 3.98. The maximum absolute atomic E-state index is 11.6. The van der Waals surface area contributed by atoms with E-state index in [1.165, 1.54) is 11.1 Å². The van der Waals surface area contributed by atoms with E-state index in [4.69, 9.17) is 4.42 Å². The Bertz CT molecular complexity index is 824. The summed E-state index contributed by atoms with van der Waals surface area (Å²) in [5.74, 6) is 1.13. The molecule has 0 N–H and O–H groups in total. The number of rotatable bonds is 6. The van der Waals surface area contributed by atoms with Crippen LogP contribution < -0.4 is 0 Å². The van der Waals surface area contributed by atoms with E-state index in [9.17, 15) is 4.79 Å². The highest BCUT2D eigenvalue weighted by molar-refractivity contribution is 5.75. The van der Waals surface area contributed by atoms with Crippen molar-refractivity contribution in [1.82, 2.24) is 15.1 Å². The zero-order valence-corrected chi connectivity index (χ0v) is 14.5. The van der Waals surface area contributed by atoms with Crippen molar-refractivity contribution in [3.05, 3.63) is 71.9 Å². The van der Waals surface area contributed by atoms with Crippen molar-refractivity contribution in [1.29, 1.82) is 0 Å². The number of amides is 1. The van der Waals surface area contributed by atoms with Gasteiger partial charge in [0, 0.05) is 26.9 Å². The predicted octanol–water partition coefficient (Wildman–Crippen LogP) is 3.35. The van der Waals surface area contributed by atoms with Crippen LogP contribution in [0.1, 0.15) is 23.8 Å². The number of hydrogen-bond donors (Lipinski definition) is 0. The van der Waals surface area contributed by atoms with Gasteiger partial charge in [0.2, 0.25) is 17.7 Å². The summed E-state index contributed by atoms with van der Waals surface area (Å²) < 4.78 is 5.64. The number of aryl methyl sites for hydroxylation is 1. The predicted molar refractivity (Wildman–Crippen MR) is 96.0 cm³/mol. The van der Waals surface area contributed by atoms with Gasteiger partial charge in [0.25, 0.3) is 0 Å². The van der Waals surface area contributed by atoms with Crippen LogP contribution in [0.4, 0.5) is 0 Å². The lowest BCUT2D eigenvalue weighted by Gasteiger charge is -2.07. The normalized spacial score (nSPS) is 10.6. The second-order valence-electron chi connectivity index (χ2n) is 6.12. The molecule has 1 heterocycles. The summed E-state index contributed by atoms with van der Waals surface area (Å²) in [4.78, 5) is 13.2. The second-order valence-corrected chi connectivity index (χ2v) is 6.12. The summed E-state index contributed by atoms with van der Waals surface area (Å²) in [6.07, 6.45) is 1.43. The van der Waals surface area contributed by atoms with Crippen LogP contribution in [0.25, 0.3) is 11.1 Å². The molecule has 1 aromatic heterocycles. The summed E-state index contributed by atoms with van der Waals surface area (Å²) in [5, 5.41) is 8.09. The lowest BCUT2D eigenvalue weighted by molar-refractivity contribution is -0.128. The maximum Gasteiger partial charge on any atom is 0.222 e. The average Bonchev–Trinajstić information content (AvgIpc) is 3.08. The quantitative estimate of drug-likeness (QED) is 0.693. The molecule has 0 radical (unpaired) electrons. The summed E-state index contributed by atoms with van der Waals surface area (Å²) in [6, 6.07) is 18.6. The van der Waals surface area contributed by atoms with Crippen molar-refractivity contribution in [2.75, 3.05) is 14.1 Å². The summed E-state index contributed by atoms with van der Waals surface area (Å²) in [7, 11) is 3.47. The Morgan fingerprint density at radius 2 is 1.56 bits per heavy atom. The molecule has 0 saturated heterocycles. The molecule has 0 aliphatic rings. The van der Waals surface area contributed by atoms with Gasteiger partial charge in [-0.1, -0.05) is 54.6 Å². The lowest BCUT2D eigenvalue weighted by atomic mass is 10.0. The van der Waals surface area contributed by atoms with Gasteiger partial charge in [-0.05, 0) is 16.7 Å². The molecule has 3 rings (SSSR count). The van der Waals surface area contributed by atoms with Crippen LogP contribution in [0.5, 0.6) is 0 Å². The smallest absolute Gasteiger partial charge is 0.222 e. The maximum atomic E-state index is 11.6. The highest BCUT2D eigenvalue weighted by Gasteiger charge is 2.10. The van der Waals surface area contributed by atoms with Crippen molar-refractivity contribution in [3.63, 3.8) is 0 Å². The summed E-state index contributed by atoms with van der Waals surface area (Å²) >= 11 is 0. The van der Waals surface area contributed by atoms with E-state index in [2.05, 4.69) is 46.6 Å². The molecule has 0 aliphatic carbocycles. The van der Waals surface area contributed by atoms with Gasteiger partial charge in [-0.25, -0.2) is 0 Å². The van der Waals surface area contributed by atoms with E-state index in [1.807, 2.05) is 18.2 Å². The van der Waals surface area contributed by atoms with Crippen molar-refractivity contribution in [3.8, 4) is 11.1 Å². The molecular weight excluding hydrogens is 314 g/mol. The molecule has 0 unspecified atom stereocenters. The van der Waals surface area contributed by atoms with Crippen LogP contribution in [0.3, 0.4) is 0 Å². The van der Waals surface area contributed by atoms with E-state index in [1.54, 1.807) is 19.0 Å². The molecule has 25 heavy (non-hydrogen) atoms. The summed E-state index contributed by atoms with van der Waals surface area (Å²) in [5.41, 5.74) is 3.48. The van der Waals surface area contributed by atoms with Crippen LogP contribution >= 0.6 is 0 Å². The highest BCUT2D eigenvalue weighted by Crippen LogP contribution is 2.20. The van der Waals surface area contributed by atoms with Crippen LogP contribution in [0, 0.1) is 0 Å². The van der Waals surface area contributed by atoms with Gasteiger partial charge in [0.05, 0.1) is 6.42 Å². The van der Waals surface area contributed by atoms with E-state index in [0.717, 1.165) is 5.56 Å². The van der Waals surface area contributed by atoms with Crippen LogP contribution in [-0.4, -0.2) is 35.1 Å². The topological polar surface area (TPSA) is 59.2 Å². The van der Waals surface area contributed by atoms with E-state index >= 15 is 0 Å². The lowest BCUT2D eigenvalue weighted by Crippen LogP contribution is -2.21. The number of nitrogens with zero attached hydrogens (tertiary/aromatic N) is 3. The molecule has 0 bridgehead atoms. The molecule has 1 amide bonds. The Balaban J connectivity index is 1.60. The molecule has 128 valence electrons. The Morgan fingerprint density at radius 1 is 0.920 bits per heavy atom. The van der Waals surface area contributed by atoms with Gasteiger partial charge in [-0.3, -0.25) is 4.79 Å². The van der Waals surface area contributed by atoms with Gasteiger partial charge < -0.3 is 9.32 Å². The number of carbonyl (C=O) groups is 1. The largest absolute Gasteiger partial charge is 0.425 e. The summed E-state index contributed by atoms with van der Waals surface area (Å²) in [6.45, 7) is 0. The van der Waals surface area contributed by atoms with Gasteiger partial charge in [0.1, 0.15) is 0 Å². The molecule has 3 aromatic rings. The number of aromatic nitrogens is 2. The van der Waals surface area contributed by atoms with Gasteiger partial charge >= 0.3 is 0 Å². The minimum atomic E-state index is 0.0521. The molecule has 5 nitrogen and oxygen atoms in total. The molecule has 0 atom stereocenters. The average molecular weight is 335 g/mol. The first-order chi connectivity index (χ1) is 12.1. The number of carbonyl (C=O) groups excluding carboxylic acids is 1. The minimum Gasteiger partial charge on any atom is -0.425 e. The van der Waals surface area contributed by atoms with Crippen LogP contribution in [-0.2, 0) is 17.6 Å². The van der Waals surface area contributed by atoms with E-state index in [-0.39, 0.29) is 5.91 Å². The zero-order chi connectivity index (χ0) is 17.6. The van der Waals surface area contributed by atoms with Gasteiger partial charge in [-0.15, -0.1) is 10.2 Å². The SMILES string of the molecule is CN(C)C(=O)CCc1nnc(Cc2ccc(-c3ccccc3)cc2)o1. The van der Waals surface area contributed by atoms with Crippen molar-refractivity contribution >= 4 is 5.91 Å². The standard InChI is InChI=1S/C20H21N3O2/c1-23(2)20(24)13-12-18-21-22-19(25-18)14-15-8-10-17(11-9-15)16-6-4-3-5-7-16/h3-11H,12-14H2,1-2H3. The Kier molecular flexibility index (Phi) is 5.23. The van der Waals surface area contributed by atoms with Crippen molar-refractivity contribution < 1.29 is 9.21 Å². The third-order valence-corrected chi connectivity index (χ3v) is 3.98. The fourth-order valence-electron chi connectivity index (χ4n) is 2.52. The van der Waals surface area contributed by atoms with Gasteiger partial charge in [0.15, 0.2) is 0 Å². The first-order valence-electron chi connectivity index (χ1n) is 8.27. The monoisotopic (exact) mass is 335 g/mol. The third kappa shape index (κ3) is 4.53. The fraction of sp³-hybridized carbons (Fsp3) is 0.250. The van der Waals surface area contributed by atoms with E-state index < -0.39 is 0 Å². The van der Waals surface area contributed by atoms with Crippen molar-refractivity contribution in [2.24, 2.45) is 0 Å². The molecule has 2 aromatic carbocycles. The van der Waals surface area contributed by atoms with Crippen LogP contribution in [0.15, 0.2) is 59.0 Å². The Morgan fingerprint density at radius 3 is 2.24 bits per heavy atom. The molecule has 0 spiro atoms. The first kappa shape index (κ1) is 16.9. The minimum absolute atomic E-state index is 0.0521. The van der Waals surface area contributed by atoms with Gasteiger partial charge in [-0.2, -0.15) is 0 Å². The molecular formula is C20H21N3O2. The molecule has 0 saturated carbocycles. The highest BCUT2D eigenvalue weighted by atomic mass is 16.4. The molecule has 5 heteroatoms. The fourth-order valence-corrected chi connectivity index (χ4v) is 2.52. The zero-order valence-electron chi connectivity index (χ0n) is 14.5.